The molecular formula is C38H39N3O5. The Kier molecular flexibility index (Phi) is 10.4. The number of hydrogen-bond donors (Lipinski definition) is 1. The van der Waals surface area contributed by atoms with Crippen molar-refractivity contribution in [2.24, 2.45) is 5.10 Å². The second-order valence-corrected chi connectivity index (χ2v) is 10.9. The van der Waals surface area contributed by atoms with Gasteiger partial charge in [-0.25, -0.2) is 5.43 Å². The van der Waals surface area contributed by atoms with E-state index in [4.69, 9.17) is 18.6 Å². The summed E-state index contributed by atoms with van der Waals surface area (Å²) in [7, 11) is 0. The molecule has 0 fully saturated rings. The van der Waals surface area contributed by atoms with Crippen molar-refractivity contribution in [3.63, 3.8) is 0 Å². The van der Waals surface area contributed by atoms with E-state index in [0.29, 0.717) is 42.6 Å². The van der Waals surface area contributed by atoms with Crippen LogP contribution in [0.15, 0.2) is 107 Å². The first kappa shape index (κ1) is 31.9. The van der Waals surface area contributed by atoms with Crippen molar-refractivity contribution in [3.05, 3.63) is 143 Å². The number of hydrazone groups is 1. The number of rotatable bonds is 14. The van der Waals surface area contributed by atoms with Gasteiger partial charge in [-0.15, -0.1) is 6.58 Å². The molecule has 0 unspecified atom stereocenters. The monoisotopic (exact) mass is 617 g/mol. The van der Waals surface area contributed by atoms with E-state index in [0.717, 1.165) is 22.4 Å². The number of nitrogens with zero attached hydrogens (tertiary/aromatic N) is 2. The smallest absolute Gasteiger partial charge is 0.307 e. The molecule has 0 saturated carbocycles. The highest BCUT2D eigenvalue weighted by atomic mass is 16.5. The molecule has 0 aliphatic rings. The van der Waals surface area contributed by atoms with E-state index < -0.39 is 5.91 Å². The first-order valence-corrected chi connectivity index (χ1v) is 15.2. The topological polar surface area (TPSA) is 87.2 Å². The lowest BCUT2D eigenvalue weighted by atomic mass is 10.1. The van der Waals surface area contributed by atoms with Crippen LogP contribution in [0.2, 0.25) is 0 Å². The van der Waals surface area contributed by atoms with Crippen molar-refractivity contribution in [1.82, 2.24) is 9.99 Å². The number of aromatic nitrogens is 1. The van der Waals surface area contributed by atoms with Crippen LogP contribution in [-0.4, -0.2) is 23.3 Å². The number of benzene rings is 3. The van der Waals surface area contributed by atoms with Gasteiger partial charge < -0.3 is 23.2 Å². The SMILES string of the molecule is C=CCc1cc(/C=N/NC(=O)c2ccc(COc3ccc(-n4c(C)ccc4C)cc3)o2)cc(OCC)c1OCc1cccc(C)c1. The second kappa shape index (κ2) is 15.0. The molecule has 3 aromatic carbocycles. The molecule has 236 valence electrons. The van der Waals surface area contributed by atoms with Gasteiger partial charge in [-0.3, -0.25) is 4.79 Å². The molecule has 5 aromatic rings. The van der Waals surface area contributed by atoms with Crippen molar-refractivity contribution < 1.29 is 23.4 Å². The van der Waals surface area contributed by atoms with Crippen LogP contribution in [-0.2, 0) is 19.6 Å². The van der Waals surface area contributed by atoms with Crippen LogP contribution in [0.3, 0.4) is 0 Å². The maximum absolute atomic E-state index is 12.7. The summed E-state index contributed by atoms with van der Waals surface area (Å²) < 4.78 is 25.9. The molecule has 0 bridgehead atoms. The lowest BCUT2D eigenvalue weighted by molar-refractivity contribution is 0.0923. The van der Waals surface area contributed by atoms with Crippen molar-refractivity contribution in [2.75, 3.05) is 6.61 Å². The number of hydrogen-bond acceptors (Lipinski definition) is 6. The summed E-state index contributed by atoms with van der Waals surface area (Å²) in [5.74, 6) is 2.14. The summed E-state index contributed by atoms with van der Waals surface area (Å²) in [5.41, 5.74) is 9.82. The van der Waals surface area contributed by atoms with Crippen LogP contribution in [0.5, 0.6) is 17.2 Å². The normalized spacial score (nSPS) is 11.0. The molecule has 0 aliphatic heterocycles. The van der Waals surface area contributed by atoms with E-state index in [1.54, 1.807) is 18.3 Å². The molecule has 8 heteroatoms. The summed E-state index contributed by atoms with van der Waals surface area (Å²) in [6.45, 7) is 13.1. The zero-order valence-electron chi connectivity index (χ0n) is 26.7. The van der Waals surface area contributed by atoms with E-state index in [2.05, 4.69) is 66.7 Å². The number of furan rings is 1. The van der Waals surface area contributed by atoms with Gasteiger partial charge in [0.05, 0.1) is 12.8 Å². The Bertz CT molecular complexity index is 1810. The molecule has 1 N–H and O–H groups in total. The molecule has 1 amide bonds. The quantitative estimate of drug-likeness (QED) is 0.0774. The van der Waals surface area contributed by atoms with Gasteiger partial charge in [0, 0.05) is 22.6 Å². The molecule has 0 radical (unpaired) electrons. The molecule has 0 saturated heterocycles. The standard InChI is InChI=1S/C38H39N3O5/c1-6-9-31-21-30(22-36(43-7-2)37(31)45-24-29-11-8-10-26(3)20-29)23-39-40-38(42)35-19-18-34(46-35)25-44-33-16-14-32(15-17-33)41-27(4)12-13-28(41)5/h6,8,10-23H,1,7,9,24-25H2,2-5H3,(H,40,42)/b39-23+. The Balaban J connectivity index is 1.19. The number of aryl methyl sites for hydroxylation is 3. The zero-order valence-corrected chi connectivity index (χ0v) is 26.7. The van der Waals surface area contributed by atoms with Gasteiger partial charge in [0.15, 0.2) is 17.3 Å². The number of allylic oxidation sites excluding steroid dienone is 1. The van der Waals surface area contributed by atoms with Gasteiger partial charge in [-0.2, -0.15) is 5.10 Å². The highest BCUT2D eigenvalue weighted by Gasteiger charge is 2.15. The molecule has 2 heterocycles. The summed E-state index contributed by atoms with van der Waals surface area (Å²) >= 11 is 0. The van der Waals surface area contributed by atoms with E-state index >= 15 is 0 Å². The summed E-state index contributed by atoms with van der Waals surface area (Å²) in [6.07, 6.45) is 3.95. The third-order valence-corrected chi connectivity index (χ3v) is 7.30. The fourth-order valence-corrected chi connectivity index (χ4v) is 5.17. The fourth-order valence-electron chi connectivity index (χ4n) is 5.17. The number of amides is 1. The minimum absolute atomic E-state index is 0.131. The highest BCUT2D eigenvalue weighted by Crippen LogP contribution is 2.34. The van der Waals surface area contributed by atoms with Gasteiger partial charge in [0.1, 0.15) is 24.7 Å². The van der Waals surface area contributed by atoms with Gasteiger partial charge >= 0.3 is 5.91 Å². The Morgan fingerprint density at radius 1 is 0.913 bits per heavy atom. The molecule has 2 aromatic heterocycles. The molecule has 0 atom stereocenters. The number of nitrogens with one attached hydrogen (secondary N) is 1. The Labute approximate surface area is 269 Å². The van der Waals surface area contributed by atoms with E-state index in [9.17, 15) is 4.79 Å². The van der Waals surface area contributed by atoms with Crippen LogP contribution in [0.1, 0.15) is 56.9 Å². The summed E-state index contributed by atoms with van der Waals surface area (Å²) in [6, 6.07) is 27.3. The first-order chi connectivity index (χ1) is 22.3. The molecule has 0 spiro atoms. The minimum atomic E-state index is -0.473. The predicted molar refractivity (Wildman–Crippen MR) is 180 cm³/mol. The van der Waals surface area contributed by atoms with Gasteiger partial charge in [-0.05, 0) is 106 Å². The van der Waals surface area contributed by atoms with Crippen LogP contribution in [0, 0.1) is 20.8 Å². The number of carbonyl (C=O) groups is 1. The van der Waals surface area contributed by atoms with Crippen LogP contribution < -0.4 is 19.6 Å². The summed E-state index contributed by atoms with van der Waals surface area (Å²) in [4.78, 5) is 12.7. The largest absolute Gasteiger partial charge is 0.490 e. The minimum Gasteiger partial charge on any atom is -0.490 e. The molecule has 5 rings (SSSR count). The first-order valence-electron chi connectivity index (χ1n) is 15.2. The highest BCUT2D eigenvalue weighted by molar-refractivity contribution is 5.92. The molecule has 0 aliphatic carbocycles. The van der Waals surface area contributed by atoms with E-state index in [-0.39, 0.29) is 12.4 Å². The van der Waals surface area contributed by atoms with Crippen LogP contribution in [0.4, 0.5) is 0 Å². The van der Waals surface area contributed by atoms with Crippen molar-refractivity contribution in [2.45, 2.75) is 47.3 Å². The Morgan fingerprint density at radius 2 is 1.70 bits per heavy atom. The Hall–Kier alpha value is -5.50. The average molecular weight is 618 g/mol. The van der Waals surface area contributed by atoms with Crippen LogP contribution >= 0.6 is 0 Å². The second-order valence-electron chi connectivity index (χ2n) is 10.9. The third kappa shape index (κ3) is 7.95. The van der Waals surface area contributed by atoms with Crippen molar-refractivity contribution >= 4 is 12.1 Å². The van der Waals surface area contributed by atoms with Gasteiger partial charge in [-0.1, -0.05) is 35.9 Å². The molecule has 8 nitrogen and oxygen atoms in total. The molecule has 46 heavy (non-hydrogen) atoms. The fraction of sp³-hybridized carbons (Fsp3) is 0.211. The van der Waals surface area contributed by atoms with Crippen molar-refractivity contribution in [3.8, 4) is 22.9 Å². The van der Waals surface area contributed by atoms with Crippen molar-refractivity contribution in [1.29, 1.82) is 0 Å². The maximum Gasteiger partial charge on any atom is 0.307 e. The maximum atomic E-state index is 12.7. The van der Waals surface area contributed by atoms with E-state index in [1.165, 1.54) is 17.0 Å². The third-order valence-electron chi connectivity index (χ3n) is 7.30. The lowest BCUT2D eigenvalue weighted by Gasteiger charge is -2.17. The number of ether oxygens (including phenoxy) is 3. The lowest BCUT2D eigenvalue weighted by Crippen LogP contribution is -2.16. The predicted octanol–water partition coefficient (Wildman–Crippen LogP) is 8.04. The summed E-state index contributed by atoms with van der Waals surface area (Å²) in [5, 5.41) is 4.16. The molecular weight excluding hydrogens is 578 g/mol. The number of carbonyl (C=O) groups excluding carboxylic acids is 1. The Morgan fingerprint density at radius 3 is 2.41 bits per heavy atom. The average Bonchev–Trinajstić information content (AvgIpc) is 3.66. The van der Waals surface area contributed by atoms with Crippen LogP contribution in [0.25, 0.3) is 5.69 Å². The zero-order chi connectivity index (χ0) is 32.5. The van der Waals surface area contributed by atoms with Gasteiger partial charge in [0.2, 0.25) is 0 Å². The van der Waals surface area contributed by atoms with E-state index in [1.807, 2.05) is 61.5 Å². The van der Waals surface area contributed by atoms with Gasteiger partial charge in [0.25, 0.3) is 0 Å².